The third-order valence-electron chi connectivity index (χ3n) is 4.22. The smallest absolute Gasteiger partial charge is 0.325 e. The molecule has 1 N–H and O–H groups in total. The summed E-state index contributed by atoms with van der Waals surface area (Å²) in [6, 6.07) is 15.0. The number of benzene rings is 2. The molecule has 2 aromatic rings. The van der Waals surface area contributed by atoms with Crippen molar-refractivity contribution in [3.63, 3.8) is 0 Å². The summed E-state index contributed by atoms with van der Waals surface area (Å²) in [4.78, 5) is 26.1. The Morgan fingerprint density at radius 1 is 1.04 bits per heavy atom. The zero-order chi connectivity index (χ0) is 16.4. The Morgan fingerprint density at radius 2 is 1.78 bits per heavy atom. The van der Waals surface area contributed by atoms with Crippen LogP contribution < -0.4 is 5.32 Å². The average Bonchev–Trinajstić information content (AvgIpc) is 2.79. The van der Waals surface area contributed by atoms with Crippen molar-refractivity contribution in [2.45, 2.75) is 32.9 Å². The van der Waals surface area contributed by atoms with Crippen LogP contribution in [0.25, 0.3) is 0 Å². The monoisotopic (exact) mass is 308 g/mol. The molecule has 1 aliphatic rings. The van der Waals surface area contributed by atoms with Crippen LogP contribution in [0.4, 0.5) is 4.79 Å². The van der Waals surface area contributed by atoms with Gasteiger partial charge in [-0.1, -0.05) is 54.1 Å². The van der Waals surface area contributed by atoms with Gasteiger partial charge in [-0.05, 0) is 30.5 Å². The van der Waals surface area contributed by atoms with Crippen molar-refractivity contribution in [1.82, 2.24) is 10.2 Å². The van der Waals surface area contributed by atoms with Crippen molar-refractivity contribution in [1.29, 1.82) is 0 Å². The van der Waals surface area contributed by atoms with Gasteiger partial charge in [-0.2, -0.15) is 0 Å². The summed E-state index contributed by atoms with van der Waals surface area (Å²) in [5.41, 5.74) is 4.26. The van der Waals surface area contributed by atoms with E-state index in [1.807, 2.05) is 62.4 Å². The number of amides is 3. The molecule has 2 aromatic carbocycles. The van der Waals surface area contributed by atoms with Crippen molar-refractivity contribution >= 4 is 11.9 Å². The number of imide groups is 1. The molecule has 23 heavy (non-hydrogen) atoms. The van der Waals surface area contributed by atoms with Crippen molar-refractivity contribution in [2.24, 2.45) is 0 Å². The molecule has 0 aromatic heterocycles. The number of rotatable bonds is 4. The van der Waals surface area contributed by atoms with Gasteiger partial charge in [-0.15, -0.1) is 0 Å². The van der Waals surface area contributed by atoms with Crippen LogP contribution in [0.1, 0.15) is 22.3 Å². The lowest BCUT2D eigenvalue weighted by molar-refractivity contribution is -0.127. The highest BCUT2D eigenvalue weighted by Gasteiger charge is 2.37. The predicted octanol–water partition coefficient (Wildman–Crippen LogP) is 2.97. The molecule has 118 valence electrons. The summed E-state index contributed by atoms with van der Waals surface area (Å²) in [6.07, 6.45) is 0.523. The van der Waals surface area contributed by atoms with Gasteiger partial charge in [0.15, 0.2) is 0 Å². The maximum Gasteiger partial charge on any atom is 0.325 e. The van der Waals surface area contributed by atoms with Gasteiger partial charge in [-0.25, -0.2) is 4.79 Å². The summed E-state index contributed by atoms with van der Waals surface area (Å²) < 4.78 is 0. The first kappa shape index (κ1) is 15.3. The second-order valence-corrected chi connectivity index (χ2v) is 6.05. The number of aryl methyl sites for hydroxylation is 2. The highest BCUT2D eigenvalue weighted by Crippen LogP contribution is 2.18. The van der Waals surface area contributed by atoms with Crippen LogP contribution in [0.5, 0.6) is 0 Å². The molecule has 0 aliphatic carbocycles. The van der Waals surface area contributed by atoms with Crippen molar-refractivity contribution in [3.8, 4) is 0 Å². The van der Waals surface area contributed by atoms with E-state index in [4.69, 9.17) is 0 Å². The van der Waals surface area contributed by atoms with Crippen molar-refractivity contribution < 1.29 is 9.59 Å². The Bertz CT molecular complexity index is 740. The first-order valence-corrected chi connectivity index (χ1v) is 7.76. The molecule has 0 radical (unpaired) electrons. The molecule has 1 fully saturated rings. The van der Waals surface area contributed by atoms with E-state index in [1.165, 1.54) is 4.90 Å². The molecule has 3 amide bonds. The van der Waals surface area contributed by atoms with Gasteiger partial charge in [0.25, 0.3) is 5.91 Å². The van der Waals surface area contributed by atoms with Crippen molar-refractivity contribution in [2.75, 3.05) is 0 Å². The second kappa shape index (κ2) is 6.24. The summed E-state index contributed by atoms with van der Waals surface area (Å²) in [5.74, 6) is -0.153. The number of hydrogen-bond acceptors (Lipinski definition) is 2. The first-order valence-electron chi connectivity index (χ1n) is 7.76. The van der Waals surface area contributed by atoms with Gasteiger partial charge in [0.2, 0.25) is 0 Å². The normalized spacial score (nSPS) is 17.5. The van der Waals surface area contributed by atoms with Crippen LogP contribution in [0.2, 0.25) is 0 Å². The van der Waals surface area contributed by atoms with Crippen LogP contribution in [0.15, 0.2) is 48.5 Å². The molecule has 1 heterocycles. The summed E-state index contributed by atoms with van der Waals surface area (Å²) in [5, 5.41) is 2.79. The minimum Gasteiger partial charge on any atom is -0.325 e. The molecule has 0 unspecified atom stereocenters. The Balaban J connectivity index is 1.75. The molecule has 1 saturated heterocycles. The van der Waals surface area contributed by atoms with Crippen LogP contribution in [-0.4, -0.2) is 22.9 Å². The Labute approximate surface area is 136 Å². The van der Waals surface area contributed by atoms with E-state index in [2.05, 4.69) is 5.32 Å². The lowest BCUT2D eigenvalue weighted by atomic mass is 10.0. The molecule has 3 rings (SSSR count). The summed E-state index contributed by atoms with van der Waals surface area (Å²) in [6.45, 7) is 4.32. The third-order valence-corrected chi connectivity index (χ3v) is 4.22. The standard InChI is InChI=1S/C19H20N2O2/c1-13-8-9-14(2)16(10-13)12-21-18(22)17(20-19(21)23)11-15-6-4-3-5-7-15/h3-10,17H,11-12H2,1-2H3,(H,20,23)/t17-/m0/s1. The number of urea groups is 1. The zero-order valence-electron chi connectivity index (χ0n) is 13.4. The van der Waals surface area contributed by atoms with Gasteiger partial charge in [0.1, 0.15) is 6.04 Å². The quantitative estimate of drug-likeness (QED) is 0.883. The first-order chi connectivity index (χ1) is 11.0. The lowest BCUT2D eigenvalue weighted by Crippen LogP contribution is -2.32. The minimum atomic E-state index is -0.477. The molecule has 1 atom stereocenters. The van der Waals surface area contributed by atoms with Crippen molar-refractivity contribution in [3.05, 3.63) is 70.8 Å². The highest BCUT2D eigenvalue weighted by atomic mass is 16.2. The van der Waals surface area contributed by atoms with Crippen LogP contribution in [0.3, 0.4) is 0 Å². The van der Waals surface area contributed by atoms with E-state index in [1.54, 1.807) is 0 Å². The van der Waals surface area contributed by atoms with Gasteiger partial charge < -0.3 is 5.32 Å². The molecule has 1 aliphatic heterocycles. The molecular formula is C19H20N2O2. The number of carbonyl (C=O) groups excluding carboxylic acids is 2. The number of hydrogen-bond donors (Lipinski definition) is 1. The molecule has 0 bridgehead atoms. The van der Waals surface area contributed by atoms with Crippen LogP contribution in [-0.2, 0) is 17.8 Å². The highest BCUT2D eigenvalue weighted by molar-refractivity contribution is 6.04. The Hall–Kier alpha value is -2.62. The van der Waals surface area contributed by atoms with E-state index in [9.17, 15) is 9.59 Å². The number of nitrogens with one attached hydrogen (secondary N) is 1. The van der Waals surface area contributed by atoms with E-state index in [-0.39, 0.29) is 11.9 Å². The molecule has 0 spiro atoms. The maximum absolute atomic E-state index is 12.6. The fraction of sp³-hybridized carbons (Fsp3) is 0.263. The zero-order valence-corrected chi connectivity index (χ0v) is 13.4. The van der Waals surface area contributed by atoms with E-state index < -0.39 is 6.04 Å². The third kappa shape index (κ3) is 3.26. The van der Waals surface area contributed by atoms with E-state index in [0.717, 1.165) is 22.3 Å². The lowest BCUT2D eigenvalue weighted by Gasteiger charge is -2.15. The van der Waals surface area contributed by atoms with E-state index in [0.29, 0.717) is 13.0 Å². The topological polar surface area (TPSA) is 49.4 Å². The molecular weight excluding hydrogens is 288 g/mol. The van der Waals surface area contributed by atoms with Gasteiger partial charge in [0.05, 0.1) is 6.54 Å². The second-order valence-electron chi connectivity index (χ2n) is 6.05. The fourth-order valence-corrected chi connectivity index (χ4v) is 2.86. The van der Waals surface area contributed by atoms with Gasteiger partial charge in [0, 0.05) is 6.42 Å². The van der Waals surface area contributed by atoms with Gasteiger partial charge >= 0.3 is 6.03 Å². The van der Waals surface area contributed by atoms with E-state index >= 15 is 0 Å². The Kier molecular flexibility index (Phi) is 4.15. The summed E-state index contributed by atoms with van der Waals surface area (Å²) >= 11 is 0. The maximum atomic E-state index is 12.6. The number of nitrogens with zero attached hydrogens (tertiary/aromatic N) is 1. The number of carbonyl (C=O) groups is 2. The molecule has 4 nitrogen and oxygen atoms in total. The predicted molar refractivity (Wildman–Crippen MR) is 88.9 cm³/mol. The van der Waals surface area contributed by atoms with Crippen LogP contribution in [0, 0.1) is 13.8 Å². The average molecular weight is 308 g/mol. The summed E-state index contributed by atoms with van der Waals surface area (Å²) in [7, 11) is 0. The largest absolute Gasteiger partial charge is 0.325 e. The fourth-order valence-electron chi connectivity index (χ4n) is 2.86. The SMILES string of the molecule is Cc1ccc(C)c(CN2C(=O)N[C@@H](Cc3ccccc3)C2=O)c1. The molecule has 4 heteroatoms. The Morgan fingerprint density at radius 3 is 2.52 bits per heavy atom. The van der Waals surface area contributed by atoms with Gasteiger partial charge in [-0.3, -0.25) is 9.69 Å². The molecule has 0 saturated carbocycles. The van der Waals surface area contributed by atoms with Crippen LogP contribution >= 0.6 is 0 Å². The minimum absolute atomic E-state index is 0.153.